The molecule has 32 heavy (non-hydrogen) atoms. The van der Waals surface area contributed by atoms with E-state index in [2.05, 4.69) is 10.2 Å². The van der Waals surface area contributed by atoms with Gasteiger partial charge in [-0.25, -0.2) is 0 Å². The van der Waals surface area contributed by atoms with E-state index in [0.717, 1.165) is 12.1 Å². The Morgan fingerprint density at radius 3 is 2.12 bits per heavy atom. The molecule has 0 aromatic heterocycles. The quantitative estimate of drug-likeness (QED) is 0.206. The molecule has 0 aliphatic carbocycles. The van der Waals surface area contributed by atoms with Crippen LogP contribution in [0.15, 0.2) is 62.5 Å². The SMILES string of the molecule is COc1cc(S(=O)(=O)O)c(C)cc1N=Nc1c(O)ccc2cc(S(=O)(=O)O)ccc12.[H-].[H-].[Na+].[Na+]. The number of rotatable bonds is 5. The molecule has 3 aromatic carbocycles. The molecular weight excluding hydrogens is 482 g/mol. The Morgan fingerprint density at radius 2 is 1.56 bits per heavy atom. The first kappa shape index (κ1) is 29.0. The summed E-state index contributed by atoms with van der Waals surface area (Å²) in [5.74, 6) is -0.221. The largest absolute Gasteiger partial charge is 1.00 e. The van der Waals surface area contributed by atoms with Gasteiger partial charge in [0.1, 0.15) is 27.8 Å². The second kappa shape index (κ2) is 10.9. The molecule has 0 saturated heterocycles. The molecule has 0 radical (unpaired) electrons. The first-order chi connectivity index (χ1) is 13.9. The van der Waals surface area contributed by atoms with Gasteiger partial charge in [0.05, 0.1) is 12.0 Å². The minimum absolute atomic E-state index is 0. The Labute approximate surface area is 231 Å². The summed E-state index contributed by atoms with van der Waals surface area (Å²) in [5.41, 5.74) is 0.355. The second-order valence-corrected chi connectivity index (χ2v) is 9.07. The van der Waals surface area contributed by atoms with Crippen molar-refractivity contribution in [2.75, 3.05) is 7.11 Å². The summed E-state index contributed by atoms with van der Waals surface area (Å²) in [6.07, 6.45) is 0. The van der Waals surface area contributed by atoms with E-state index < -0.39 is 20.2 Å². The number of hydrogen-bond acceptors (Lipinski definition) is 8. The van der Waals surface area contributed by atoms with Crippen molar-refractivity contribution >= 4 is 42.4 Å². The predicted octanol–water partition coefficient (Wildman–Crippen LogP) is -2.00. The van der Waals surface area contributed by atoms with Crippen molar-refractivity contribution in [2.24, 2.45) is 10.2 Å². The van der Waals surface area contributed by atoms with E-state index in [1.807, 2.05) is 0 Å². The normalized spacial score (nSPS) is 11.8. The Hall–Kier alpha value is -1.06. The molecule has 0 aliphatic heterocycles. The van der Waals surface area contributed by atoms with Gasteiger partial charge in [0, 0.05) is 11.5 Å². The van der Waals surface area contributed by atoms with Gasteiger partial charge in [0.2, 0.25) is 0 Å². The standard InChI is InChI=1S/C18H16N2O8S2.2Na.2H/c1-10-7-14(16(28-2)9-17(10)30(25,26)27)19-20-18-13-5-4-12(29(22,23)24)8-11(13)3-6-15(18)21;;;;/h3-9,21H,1-2H3,(H,22,23,24)(H,25,26,27);;;;/q;2*+1;2*-1. The number of azo groups is 1. The molecular formula is C18H18N2Na2O8S2. The van der Waals surface area contributed by atoms with Gasteiger partial charge >= 0.3 is 59.1 Å². The molecule has 0 spiro atoms. The molecule has 14 heteroatoms. The van der Waals surface area contributed by atoms with Crippen molar-refractivity contribution in [3.63, 3.8) is 0 Å². The smallest absolute Gasteiger partial charge is 1.00 e. The summed E-state index contributed by atoms with van der Waals surface area (Å²) in [5, 5.41) is 18.9. The van der Waals surface area contributed by atoms with Gasteiger partial charge in [-0.2, -0.15) is 16.8 Å². The summed E-state index contributed by atoms with van der Waals surface area (Å²) in [7, 11) is -7.59. The molecule has 3 N–H and O–H groups in total. The summed E-state index contributed by atoms with van der Waals surface area (Å²) in [6, 6.07) is 8.90. The minimum Gasteiger partial charge on any atom is -1.00 e. The van der Waals surface area contributed by atoms with Crippen LogP contribution in [0, 0.1) is 6.92 Å². The number of benzene rings is 3. The third-order valence-electron chi connectivity index (χ3n) is 4.25. The number of phenolic OH excluding ortho intramolecular Hbond substituents is 1. The number of nitrogens with zero attached hydrogens (tertiary/aromatic N) is 2. The van der Waals surface area contributed by atoms with E-state index in [1.165, 1.54) is 44.4 Å². The van der Waals surface area contributed by atoms with Crippen molar-refractivity contribution < 1.29 is 97.8 Å². The zero-order valence-electron chi connectivity index (χ0n) is 19.6. The van der Waals surface area contributed by atoms with Gasteiger partial charge < -0.3 is 12.7 Å². The first-order valence-corrected chi connectivity index (χ1v) is 11.1. The number of fused-ring (bicyclic) bond motifs is 1. The minimum atomic E-state index is -4.46. The molecule has 3 aromatic rings. The van der Waals surface area contributed by atoms with Crippen LogP contribution < -0.4 is 63.9 Å². The Morgan fingerprint density at radius 1 is 0.906 bits per heavy atom. The average molecular weight is 500 g/mol. The molecule has 0 amide bonds. The molecule has 0 aliphatic rings. The van der Waals surface area contributed by atoms with Gasteiger partial charge in [-0.3, -0.25) is 9.11 Å². The maximum Gasteiger partial charge on any atom is 1.00 e. The number of ether oxygens (including phenoxy) is 1. The van der Waals surface area contributed by atoms with Gasteiger partial charge in [-0.1, -0.05) is 12.1 Å². The maximum atomic E-state index is 11.5. The molecule has 0 saturated carbocycles. The molecule has 162 valence electrons. The van der Waals surface area contributed by atoms with E-state index >= 15 is 0 Å². The molecule has 0 bridgehead atoms. The number of aromatic hydroxyl groups is 1. The number of phenols is 1. The number of hydrogen-bond donors (Lipinski definition) is 3. The van der Waals surface area contributed by atoms with Crippen LogP contribution in [0.3, 0.4) is 0 Å². The summed E-state index contributed by atoms with van der Waals surface area (Å²) in [6.45, 7) is 1.45. The van der Waals surface area contributed by atoms with Crippen molar-refractivity contribution in [2.45, 2.75) is 16.7 Å². The molecule has 0 atom stereocenters. The topological polar surface area (TPSA) is 163 Å². The van der Waals surface area contributed by atoms with Crippen molar-refractivity contribution in [1.29, 1.82) is 0 Å². The molecule has 0 heterocycles. The Kier molecular flexibility index (Phi) is 9.88. The van der Waals surface area contributed by atoms with Crippen LogP contribution in [-0.2, 0) is 20.2 Å². The van der Waals surface area contributed by atoms with E-state index in [9.17, 15) is 31.0 Å². The van der Waals surface area contributed by atoms with E-state index in [4.69, 9.17) is 4.74 Å². The average Bonchev–Trinajstić information content (AvgIpc) is 2.65. The van der Waals surface area contributed by atoms with Crippen LogP contribution in [0.2, 0.25) is 0 Å². The summed E-state index contributed by atoms with van der Waals surface area (Å²) < 4.78 is 69.2. The van der Waals surface area contributed by atoms with E-state index in [-0.39, 0.29) is 100 Å². The van der Waals surface area contributed by atoms with Gasteiger partial charge in [-0.15, -0.1) is 10.2 Å². The van der Waals surface area contributed by atoms with Crippen molar-refractivity contribution in [3.8, 4) is 11.5 Å². The van der Waals surface area contributed by atoms with Crippen LogP contribution in [0.1, 0.15) is 8.42 Å². The molecule has 10 nitrogen and oxygen atoms in total. The summed E-state index contributed by atoms with van der Waals surface area (Å²) >= 11 is 0. The van der Waals surface area contributed by atoms with Gasteiger partial charge in [0.25, 0.3) is 20.2 Å². The van der Waals surface area contributed by atoms with Crippen LogP contribution in [0.4, 0.5) is 11.4 Å². The van der Waals surface area contributed by atoms with Crippen molar-refractivity contribution in [3.05, 3.63) is 48.0 Å². The second-order valence-electron chi connectivity index (χ2n) is 6.26. The summed E-state index contributed by atoms with van der Waals surface area (Å²) in [4.78, 5) is -0.661. The molecule has 3 rings (SSSR count). The molecule has 0 fully saturated rings. The third-order valence-corrected chi connectivity index (χ3v) is 6.10. The zero-order valence-corrected chi connectivity index (χ0v) is 23.3. The van der Waals surface area contributed by atoms with Crippen molar-refractivity contribution in [1.82, 2.24) is 0 Å². The molecule has 0 unspecified atom stereocenters. The van der Waals surface area contributed by atoms with Crippen LogP contribution in [-0.4, -0.2) is 38.2 Å². The first-order valence-electron chi connectivity index (χ1n) is 8.23. The van der Waals surface area contributed by atoms with Crippen LogP contribution in [0.5, 0.6) is 11.5 Å². The Balaban J connectivity index is 0. The maximum absolute atomic E-state index is 11.5. The monoisotopic (exact) mass is 500 g/mol. The van der Waals surface area contributed by atoms with E-state index in [0.29, 0.717) is 10.8 Å². The third kappa shape index (κ3) is 6.29. The number of aryl methyl sites for hydroxylation is 1. The van der Waals surface area contributed by atoms with Crippen LogP contribution in [0.25, 0.3) is 10.8 Å². The predicted molar refractivity (Wildman–Crippen MR) is 109 cm³/mol. The zero-order chi connectivity index (χ0) is 22.3. The Bertz CT molecular complexity index is 1420. The van der Waals surface area contributed by atoms with E-state index in [1.54, 1.807) is 0 Å². The van der Waals surface area contributed by atoms with Gasteiger partial charge in [-0.05, 0) is 42.1 Å². The fourth-order valence-corrected chi connectivity index (χ4v) is 4.06. The number of methoxy groups -OCH3 is 1. The van der Waals surface area contributed by atoms with Crippen LogP contribution >= 0.6 is 0 Å². The fourth-order valence-electron chi connectivity index (χ4n) is 2.82. The van der Waals surface area contributed by atoms with Gasteiger partial charge in [0.15, 0.2) is 0 Å². The fraction of sp³-hybridized carbons (Fsp3) is 0.111.